The van der Waals surface area contributed by atoms with Gasteiger partial charge in [-0.25, -0.2) is 4.79 Å². The van der Waals surface area contributed by atoms with Crippen LogP contribution in [-0.4, -0.2) is 43.2 Å². The van der Waals surface area contributed by atoms with Crippen molar-refractivity contribution in [2.24, 2.45) is 4.99 Å². The first-order valence-corrected chi connectivity index (χ1v) is 9.57. The molecule has 0 unspecified atom stereocenters. The molecule has 0 amide bonds. The van der Waals surface area contributed by atoms with Crippen molar-refractivity contribution in [3.63, 3.8) is 0 Å². The number of hydrogen-bond acceptors (Lipinski definition) is 6. The number of phenolic OH excluding ortho intramolecular Hbond substituents is 1. The number of aromatic hydroxyl groups is 1. The molecule has 0 aliphatic carbocycles. The molecule has 1 N–H and O–H groups in total. The zero-order valence-corrected chi connectivity index (χ0v) is 16.0. The van der Waals surface area contributed by atoms with Crippen LogP contribution in [0, 0.1) is 6.92 Å². The minimum atomic E-state index is -0.470. The number of phenols is 1. The molecule has 1 atom stereocenters. The van der Waals surface area contributed by atoms with E-state index in [1.165, 1.54) is 0 Å². The minimum Gasteiger partial charge on any atom is -0.507 e. The first kappa shape index (κ1) is 18.5. The lowest BCUT2D eigenvalue weighted by Crippen LogP contribution is -2.09. The van der Waals surface area contributed by atoms with E-state index in [0.717, 1.165) is 24.8 Å². The van der Waals surface area contributed by atoms with E-state index in [9.17, 15) is 9.90 Å². The molecular weight excluding hydrogens is 358 g/mol. The molecule has 6 heteroatoms. The van der Waals surface area contributed by atoms with Gasteiger partial charge in [0.15, 0.2) is 0 Å². The second-order valence-electron chi connectivity index (χ2n) is 6.89. The molecule has 1 fully saturated rings. The molecule has 1 aliphatic rings. The number of ether oxygens (including phenoxy) is 2. The Kier molecular flexibility index (Phi) is 5.05. The van der Waals surface area contributed by atoms with E-state index in [2.05, 4.69) is 4.99 Å². The molecule has 0 saturated carbocycles. The Hall–Kier alpha value is -2.86. The predicted molar refractivity (Wildman–Crippen MR) is 108 cm³/mol. The number of benzene rings is 2. The van der Waals surface area contributed by atoms with Crippen molar-refractivity contribution in [1.82, 2.24) is 0 Å². The summed E-state index contributed by atoms with van der Waals surface area (Å²) in [6, 6.07) is 7.41. The molecule has 1 aliphatic heterocycles. The fourth-order valence-corrected chi connectivity index (χ4v) is 3.77. The van der Waals surface area contributed by atoms with E-state index >= 15 is 0 Å². The average molecular weight is 381 g/mol. The Labute approximate surface area is 162 Å². The lowest BCUT2D eigenvalue weighted by Gasteiger charge is -2.09. The van der Waals surface area contributed by atoms with Crippen molar-refractivity contribution in [2.75, 3.05) is 19.8 Å². The lowest BCUT2D eigenvalue weighted by molar-refractivity contribution is 0.0526. The molecule has 146 valence electrons. The molecular formula is C22H23NO5. The van der Waals surface area contributed by atoms with Crippen LogP contribution < -0.4 is 0 Å². The Morgan fingerprint density at radius 3 is 2.86 bits per heavy atom. The van der Waals surface area contributed by atoms with E-state index in [0.29, 0.717) is 39.8 Å². The van der Waals surface area contributed by atoms with Crippen molar-refractivity contribution in [2.45, 2.75) is 32.8 Å². The molecule has 28 heavy (non-hydrogen) atoms. The Bertz CT molecular complexity index is 1060. The Morgan fingerprint density at radius 1 is 1.36 bits per heavy atom. The van der Waals surface area contributed by atoms with Crippen LogP contribution in [0.3, 0.4) is 0 Å². The SMILES string of the molecule is CCOC(=O)c1c(C)oc2c1c(C=NC[C@H]1CCCO1)c(O)c1ccccc12. The van der Waals surface area contributed by atoms with Crippen molar-refractivity contribution in [3.05, 3.63) is 41.2 Å². The van der Waals surface area contributed by atoms with Crippen molar-refractivity contribution >= 4 is 33.9 Å². The minimum absolute atomic E-state index is 0.0746. The highest BCUT2D eigenvalue weighted by atomic mass is 16.5. The van der Waals surface area contributed by atoms with E-state index in [1.54, 1.807) is 20.1 Å². The summed E-state index contributed by atoms with van der Waals surface area (Å²) in [5.74, 6) is 0.0609. The zero-order chi connectivity index (χ0) is 19.7. The first-order chi connectivity index (χ1) is 13.6. The second-order valence-corrected chi connectivity index (χ2v) is 6.89. The summed E-state index contributed by atoms with van der Waals surface area (Å²) in [4.78, 5) is 17.1. The molecule has 2 heterocycles. The van der Waals surface area contributed by atoms with Crippen LogP contribution in [0.5, 0.6) is 5.75 Å². The van der Waals surface area contributed by atoms with Gasteiger partial charge in [-0.3, -0.25) is 4.99 Å². The fourth-order valence-electron chi connectivity index (χ4n) is 3.77. The number of aryl methyl sites for hydroxylation is 1. The van der Waals surface area contributed by atoms with Crippen LogP contribution in [0.1, 0.15) is 41.4 Å². The number of nitrogens with zero attached hydrogens (tertiary/aromatic N) is 1. The lowest BCUT2D eigenvalue weighted by atomic mass is 9.98. The van der Waals surface area contributed by atoms with Gasteiger partial charge in [-0.05, 0) is 26.7 Å². The highest BCUT2D eigenvalue weighted by molar-refractivity contribution is 6.21. The number of furan rings is 1. The summed E-state index contributed by atoms with van der Waals surface area (Å²) < 4.78 is 16.8. The van der Waals surface area contributed by atoms with Gasteiger partial charge in [0.2, 0.25) is 0 Å². The number of carbonyl (C=O) groups is 1. The van der Waals surface area contributed by atoms with Crippen molar-refractivity contribution in [1.29, 1.82) is 0 Å². The molecule has 3 aromatic rings. The first-order valence-electron chi connectivity index (χ1n) is 9.57. The quantitative estimate of drug-likeness (QED) is 0.524. The molecule has 0 radical (unpaired) electrons. The summed E-state index contributed by atoms with van der Waals surface area (Å²) in [7, 11) is 0. The van der Waals surface area contributed by atoms with Crippen molar-refractivity contribution < 1.29 is 23.8 Å². The third-order valence-corrected chi connectivity index (χ3v) is 5.07. The summed E-state index contributed by atoms with van der Waals surface area (Å²) in [5.41, 5.74) is 1.34. The molecule has 0 spiro atoms. The maximum atomic E-state index is 12.6. The number of fused-ring (bicyclic) bond motifs is 3. The van der Waals surface area contributed by atoms with Gasteiger partial charge in [0, 0.05) is 34.5 Å². The Balaban J connectivity index is 1.92. The van der Waals surface area contributed by atoms with E-state index in [1.807, 2.05) is 24.3 Å². The van der Waals surface area contributed by atoms with Crippen LogP contribution in [0.4, 0.5) is 0 Å². The smallest absolute Gasteiger partial charge is 0.342 e. The van der Waals surface area contributed by atoms with Crippen LogP contribution in [0.2, 0.25) is 0 Å². The largest absolute Gasteiger partial charge is 0.507 e. The number of carbonyl (C=O) groups excluding carboxylic acids is 1. The second kappa shape index (κ2) is 7.64. The maximum Gasteiger partial charge on any atom is 0.342 e. The van der Waals surface area contributed by atoms with E-state index in [-0.39, 0.29) is 18.5 Å². The van der Waals surface area contributed by atoms with Crippen LogP contribution in [0.25, 0.3) is 21.7 Å². The third kappa shape index (κ3) is 3.14. The maximum absolute atomic E-state index is 12.6. The van der Waals surface area contributed by atoms with Gasteiger partial charge in [-0.15, -0.1) is 0 Å². The van der Waals surface area contributed by atoms with Crippen LogP contribution >= 0.6 is 0 Å². The highest BCUT2D eigenvalue weighted by Gasteiger charge is 2.26. The molecule has 2 aromatic carbocycles. The average Bonchev–Trinajstić information content (AvgIpc) is 3.32. The summed E-state index contributed by atoms with van der Waals surface area (Å²) in [5, 5.41) is 12.9. The van der Waals surface area contributed by atoms with Gasteiger partial charge < -0.3 is 19.0 Å². The molecule has 1 saturated heterocycles. The fraction of sp³-hybridized carbons (Fsp3) is 0.364. The summed E-state index contributed by atoms with van der Waals surface area (Å²) in [6.07, 6.45) is 3.74. The van der Waals surface area contributed by atoms with Crippen LogP contribution in [0.15, 0.2) is 33.7 Å². The van der Waals surface area contributed by atoms with Gasteiger partial charge in [0.05, 0.1) is 19.3 Å². The predicted octanol–water partition coefficient (Wildman–Crippen LogP) is 4.37. The van der Waals surface area contributed by atoms with Gasteiger partial charge in [0.1, 0.15) is 22.7 Å². The standard InChI is InChI=1S/C22H23NO5/c1-3-26-22(25)18-13(2)28-21-16-9-5-4-8-15(16)20(24)17(19(18)21)12-23-11-14-7-6-10-27-14/h4-5,8-9,12,14,24H,3,6-7,10-11H2,1-2H3/t14-/m1/s1. The Morgan fingerprint density at radius 2 is 2.14 bits per heavy atom. The summed E-state index contributed by atoms with van der Waals surface area (Å²) >= 11 is 0. The zero-order valence-electron chi connectivity index (χ0n) is 16.0. The van der Waals surface area contributed by atoms with Crippen molar-refractivity contribution in [3.8, 4) is 5.75 Å². The third-order valence-electron chi connectivity index (χ3n) is 5.07. The normalized spacial score (nSPS) is 17.1. The number of aliphatic imine (C=N–C) groups is 1. The molecule has 4 rings (SSSR count). The number of rotatable bonds is 5. The highest BCUT2D eigenvalue weighted by Crippen LogP contribution is 2.40. The van der Waals surface area contributed by atoms with Gasteiger partial charge in [-0.1, -0.05) is 24.3 Å². The molecule has 6 nitrogen and oxygen atoms in total. The van der Waals surface area contributed by atoms with Gasteiger partial charge in [-0.2, -0.15) is 0 Å². The van der Waals surface area contributed by atoms with E-state index < -0.39 is 5.97 Å². The van der Waals surface area contributed by atoms with Gasteiger partial charge in [0.25, 0.3) is 0 Å². The monoisotopic (exact) mass is 381 g/mol. The van der Waals surface area contributed by atoms with Crippen LogP contribution in [-0.2, 0) is 9.47 Å². The molecule has 0 bridgehead atoms. The molecule has 1 aromatic heterocycles. The topological polar surface area (TPSA) is 81.3 Å². The van der Waals surface area contributed by atoms with E-state index in [4.69, 9.17) is 13.9 Å². The van der Waals surface area contributed by atoms with Gasteiger partial charge >= 0.3 is 5.97 Å². The number of hydrogen-bond donors (Lipinski definition) is 1. The summed E-state index contributed by atoms with van der Waals surface area (Å²) in [6.45, 7) is 5.02. The number of esters is 1.